The number of aromatic nitrogens is 2. The molecule has 2 atom stereocenters. The second kappa shape index (κ2) is 15.2. The van der Waals surface area contributed by atoms with Crippen LogP contribution in [0.2, 0.25) is 0 Å². The third kappa shape index (κ3) is 8.73. The number of benzene rings is 1. The fourth-order valence-electron chi connectivity index (χ4n) is 4.72. The molecule has 2 aliphatic rings. The zero-order valence-electron chi connectivity index (χ0n) is 26.0. The molecule has 1 aliphatic carbocycles. The zero-order chi connectivity index (χ0) is 33.4. The van der Waals surface area contributed by atoms with Gasteiger partial charge in [0.1, 0.15) is 6.04 Å². The summed E-state index contributed by atoms with van der Waals surface area (Å²) in [5.41, 5.74) is 0.354. The molecule has 1 aliphatic heterocycles. The lowest BCUT2D eigenvalue weighted by molar-refractivity contribution is -0.138. The van der Waals surface area contributed by atoms with Crippen molar-refractivity contribution in [3.8, 4) is 11.6 Å². The van der Waals surface area contributed by atoms with E-state index < -0.39 is 48.0 Å². The van der Waals surface area contributed by atoms with Crippen molar-refractivity contribution in [1.29, 1.82) is 0 Å². The van der Waals surface area contributed by atoms with Crippen molar-refractivity contribution < 1.29 is 43.3 Å². The van der Waals surface area contributed by atoms with Gasteiger partial charge in [-0.05, 0) is 45.2 Å². The number of hydrogen-bond acceptors (Lipinski definition) is 9. The van der Waals surface area contributed by atoms with Gasteiger partial charge in [0.05, 0.1) is 12.3 Å². The van der Waals surface area contributed by atoms with Gasteiger partial charge in [-0.2, -0.15) is 5.10 Å². The largest absolute Gasteiger partial charge is 0.481 e. The van der Waals surface area contributed by atoms with Gasteiger partial charge in [-0.15, -0.1) is 0 Å². The Kier molecular flexibility index (Phi) is 11.2. The van der Waals surface area contributed by atoms with E-state index in [-0.39, 0.29) is 63.2 Å². The molecule has 46 heavy (non-hydrogen) atoms. The third-order valence-electron chi connectivity index (χ3n) is 7.46. The van der Waals surface area contributed by atoms with Gasteiger partial charge in [0.25, 0.3) is 11.8 Å². The molecule has 248 valence electrons. The average Bonchev–Trinajstić information content (AvgIpc) is 3.77. The SMILES string of the molecule is CCOC(=O)N1CCN(C(=O)C(CCC(=O)O)NC(=O)c2cc(O[C@@H](C)C(=O)N(C)C(=O)NC3CC3)n(-c3ccccc3)n2)CC1. The van der Waals surface area contributed by atoms with Crippen molar-refractivity contribution in [2.24, 2.45) is 0 Å². The van der Waals surface area contributed by atoms with Crippen LogP contribution in [0, 0.1) is 0 Å². The standard InChI is InChI=1S/C30H39N7O9/c1-4-45-30(44)36-16-14-35(15-17-36)28(42)22(12-13-25(38)39)32-26(40)23-18-24(37(33-23)21-8-6-5-7-9-21)46-19(2)27(41)34(3)29(43)31-20-10-11-20/h5-9,18-20,22H,4,10-17H2,1-3H3,(H,31,43)(H,32,40)(H,38,39)/t19-,22?/m0/s1. The monoisotopic (exact) mass is 641 g/mol. The molecule has 0 spiro atoms. The molecule has 1 aromatic heterocycles. The van der Waals surface area contributed by atoms with Crippen LogP contribution in [0.3, 0.4) is 0 Å². The highest BCUT2D eigenvalue weighted by Gasteiger charge is 2.33. The Morgan fingerprint density at radius 1 is 1.04 bits per heavy atom. The highest BCUT2D eigenvalue weighted by atomic mass is 16.6. The summed E-state index contributed by atoms with van der Waals surface area (Å²) < 4.78 is 12.2. The number of nitrogens with zero attached hydrogens (tertiary/aromatic N) is 5. The van der Waals surface area contributed by atoms with Gasteiger partial charge >= 0.3 is 18.1 Å². The van der Waals surface area contributed by atoms with Crippen molar-refractivity contribution >= 4 is 35.8 Å². The predicted octanol–water partition coefficient (Wildman–Crippen LogP) is 1.23. The van der Waals surface area contributed by atoms with Gasteiger partial charge in [-0.1, -0.05) is 18.2 Å². The number of carbonyl (C=O) groups is 6. The second-order valence-corrected chi connectivity index (χ2v) is 11.0. The number of hydrogen-bond donors (Lipinski definition) is 3. The Bertz CT molecular complexity index is 1440. The highest BCUT2D eigenvalue weighted by molar-refractivity contribution is 5.97. The van der Waals surface area contributed by atoms with Gasteiger partial charge in [-0.3, -0.25) is 24.1 Å². The van der Waals surface area contributed by atoms with Crippen molar-refractivity contribution in [3.63, 3.8) is 0 Å². The molecule has 4 rings (SSSR count). The van der Waals surface area contributed by atoms with E-state index in [1.807, 2.05) is 0 Å². The zero-order valence-corrected chi connectivity index (χ0v) is 26.0. The molecular weight excluding hydrogens is 602 g/mol. The Morgan fingerprint density at radius 3 is 2.30 bits per heavy atom. The van der Waals surface area contributed by atoms with E-state index in [1.54, 1.807) is 37.3 Å². The lowest BCUT2D eigenvalue weighted by atomic mass is 10.1. The van der Waals surface area contributed by atoms with Gasteiger partial charge in [0.2, 0.25) is 11.8 Å². The predicted molar refractivity (Wildman–Crippen MR) is 161 cm³/mol. The lowest BCUT2D eigenvalue weighted by Gasteiger charge is -2.35. The van der Waals surface area contributed by atoms with Crippen LogP contribution in [0.25, 0.3) is 5.69 Å². The summed E-state index contributed by atoms with van der Waals surface area (Å²) in [7, 11) is 1.35. The average molecular weight is 642 g/mol. The summed E-state index contributed by atoms with van der Waals surface area (Å²) in [6.07, 6.45) is -0.467. The number of rotatable bonds is 12. The van der Waals surface area contributed by atoms with E-state index in [4.69, 9.17) is 9.47 Å². The summed E-state index contributed by atoms with van der Waals surface area (Å²) in [4.78, 5) is 79.6. The van der Waals surface area contributed by atoms with Crippen LogP contribution in [0.15, 0.2) is 36.4 Å². The fourth-order valence-corrected chi connectivity index (χ4v) is 4.72. The number of likely N-dealkylation sites (N-methyl/N-ethyl adjacent to an activating group) is 1. The first-order chi connectivity index (χ1) is 22.0. The fraction of sp³-hybridized carbons (Fsp3) is 0.500. The van der Waals surface area contributed by atoms with E-state index in [2.05, 4.69) is 15.7 Å². The normalized spacial score (nSPS) is 15.7. The van der Waals surface area contributed by atoms with Crippen LogP contribution in [0.4, 0.5) is 9.59 Å². The molecule has 2 fully saturated rings. The molecule has 16 nitrogen and oxygen atoms in total. The highest BCUT2D eigenvalue weighted by Crippen LogP contribution is 2.22. The van der Waals surface area contributed by atoms with E-state index in [1.165, 1.54) is 34.5 Å². The molecule has 3 N–H and O–H groups in total. The van der Waals surface area contributed by atoms with Crippen LogP contribution in [-0.2, 0) is 19.1 Å². The van der Waals surface area contributed by atoms with E-state index in [0.717, 1.165) is 17.7 Å². The van der Waals surface area contributed by atoms with Crippen molar-refractivity contribution in [2.75, 3.05) is 39.8 Å². The number of para-hydroxylation sites is 1. The second-order valence-electron chi connectivity index (χ2n) is 11.0. The number of carbonyl (C=O) groups excluding carboxylic acids is 5. The number of piperazine rings is 1. The molecule has 0 bridgehead atoms. The van der Waals surface area contributed by atoms with E-state index in [9.17, 15) is 33.9 Å². The molecule has 16 heteroatoms. The van der Waals surface area contributed by atoms with Crippen LogP contribution >= 0.6 is 0 Å². The molecule has 1 saturated carbocycles. The van der Waals surface area contributed by atoms with Crippen molar-refractivity contribution in [2.45, 2.75) is 57.7 Å². The molecule has 2 aromatic rings. The Morgan fingerprint density at radius 2 is 1.70 bits per heavy atom. The minimum absolute atomic E-state index is 0.0247. The van der Waals surface area contributed by atoms with E-state index in [0.29, 0.717) is 5.69 Å². The molecule has 1 aromatic carbocycles. The number of carboxylic acid groups (broad SMARTS) is 1. The summed E-state index contributed by atoms with van der Waals surface area (Å²) in [5, 5.41) is 19.0. The minimum Gasteiger partial charge on any atom is -0.481 e. The van der Waals surface area contributed by atoms with Gasteiger partial charge < -0.3 is 35.0 Å². The summed E-state index contributed by atoms with van der Waals surface area (Å²) in [5.74, 6) is -3.00. The molecule has 1 unspecified atom stereocenters. The Balaban J connectivity index is 1.50. The number of ether oxygens (including phenoxy) is 2. The molecule has 1 saturated heterocycles. The molecular formula is C30H39N7O9. The molecule has 2 heterocycles. The summed E-state index contributed by atoms with van der Waals surface area (Å²) in [6, 6.07) is 8.30. The number of urea groups is 1. The Labute approximate surface area is 265 Å². The van der Waals surface area contributed by atoms with Gasteiger partial charge in [0, 0.05) is 51.8 Å². The first-order valence-electron chi connectivity index (χ1n) is 15.1. The number of imide groups is 1. The number of carboxylic acids is 1. The first-order valence-corrected chi connectivity index (χ1v) is 15.1. The summed E-state index contributed by atoms with van der Waals surface area (Å²) in [6.45, 7) is 4.18. The number of amides is 6. The third-order valence-corrected chi connectivity index (χ3v) is 7.46. The first kappa shape index (κ1) is 33.7. The molecule has 6 amide bonds. The number of nitrogens with one attached hydrogen (secondary N) is 2. The van der Waals surface area contributed by atoms with Gasteiger partial charge in [-0.25, -0.2) is 14.3 Å². The smallest absolute Gasteiger partial charge is 0.409 e. The van der Waals surface area contributed by atoms with Crippen molar-refractivity contribution in [1.82, 2.24) is 35.1 Å². The van der Waals surface area contributed by atoms with Crippen LogP contribution in [0.5, 0.6) is 5.88 Å². The lowest BCUT2D eigenvalue weighted by Crippen LogP contribution is -2.56. The summed E-state index contributed by atoms with van der Waals surface area (Å²) >= 11 is 0. The van der Waals surface area contributed by atoms with E-state index >= 15 is 0 Å². The molecule has 0 radical (unpaired) electrons. The topological polar surface area (TPSA) is 193 Å². The van der Waals surface area contributed by atoms with Crippen LogP contribution < -0.4 is 15.4 Å². The van der Waals surface area contributed by atoms with Crippen molar-refractivity contribution in [3.05, 3.63) is 42.1 Å². The van der Waals surface area contributed by atoms with Gasteiger partial charge in [0.15, 0.2) is 11.8 Å². The number of aliphatic carboxylic acids is 1. The minimum atomic E-state index is -1.19. The maximum absolute atomic E-state index is 13.5. The van der Waals surface area contributed by atoms with Crippen LogP contribution in [-0.4, -0.2) is 123 Å². The quantitative estimate of drug-likeness (QED) is 0.304. The maximum Gasteiger partial charge on any atom is 0.409 e. The Hall–Kier alpha value is -5.15. The van der Waals surface area contributed by atoms with Crippen LogP contribution in [0.1, 0.15) is 50.0 Å². The maximum atomic E-state index is 13.5.